The van der Waals surface area contributed by atoms with E-state index >= 15 is 0 Å². The number of nitrogens with one attached hydrogen (secondary N) is 1. The van der Waals surface area contributed by atoms with Crippen LogP contribution in [-0.4, -0.2) is 43.1 Å². The molecule has 2 aromatic carbocycles. The number of fused-ring (bicyclic) bond motifs is 2. The molecule has 28 heavy (non-hydrogen) atoms. The number of likely N-dealkylation sites (N-methyl/N-ethyl adjacent to an activating group) is 1. The standard InChI is InChI=1S/C22H24F2N2O2/c1-26(2)9-8-15-13-25-19-4-3-5-20(21(15)19)27-18-10-14-6-7-17(28-22(23)24)11-16(14)12-18/h3-7,11,13,18,22,25H,8-10,12H2,1-2H3/t18-/m1/s1/i1D3,2D3. The van der Waals surface area contributed by atoms with Crippen LogP contribution in [0.2, 0.25) is 0 Å². The molecule has 1 heterocycles. The molecule has 0 saturated carbocycles. The quantitative estimate of drug-likeness (QED) is 0.647. The van der Waals surface area contributed by atoms with Crippen LogP contribution >= 0.6 is 0 Å². The third kappa shape index (κ3) is 3.97. The summed E-state index contributed by atoms with van der Waals surface area (Å²) in [5.74, 6) is 0.697. The summed E-state index contributed by atoms with van der Waals surface area (Å²) in [5.41, 5.74) is 3.41. The fraction of sp³-hybridized carbons (Fsp3) is 0.364. The predicted molar refractivity (Wildman–Crippen MR) is 105 cm³/mol. The molecule has 1 N–H and O–H groups in total. The minimum absolute atomic E-state index is 0.109. The Morgan fingerprint density at radius 3 is 2.89 bits per heavy atom. The lowest BCUT2D eigenvalue weighted by Gasteiger charge is -2.15. The molecule has 0 radical (unpaired) electrons. The summed E-state index contributed by atoms with van der Waals surface area (Å²) in [6, 6.07) is 10.4. The van der Waals surface area contributed by atoms with Crippen molar-refractivity contribution in [3.8, 4) is 11.5 Å². The van der Waals surface area contributed by atoms with Gasteiger partial charge in [-0.05, 0) is 61.3 Å². The Morgan fingerprint density at radius 1 is 1.21 bits per heavy atom. The van der Waals surface area contributed by atoms with E-state index in [4.69, 9.17) is 13.0 Å². The number of hydrogen-bond donors (Lipinski definition) is 1. The molecule has 6 heteroatoms. The molecular weight excluding hydrogens is 362 g/mol. The number of hydrogen-bond acceptors (Lipinski definition) is 3. The summed E-state index contributed by atoms with van der Waals surface area (Å²) in [7, 11) is 0. The first-order valence-corrected chi connectivity index (χ1v) is 9.02. The molecule has 3 aromatic rings. The van der Waals surface area contributed by atoms with Gasteiger partial charge in [0.15, 0.2) is 0 Å². The lowest BCUT2D eigenvalue weighted by Crippen LogP contribution is -2.17. The third-order valence-corrected chi connectivity index (χ3v) is 4.95. The molecule has 0 amide bonds. The molecule has 148 valence electrons. The highest BCUT2D eigenvalue weighted by atomic mass is 19.3. The molecule has 0 spiro atoms. The summed E-state index contributed by atoms with van der Waals surface area (Å²) in [6.07, 6.45) is 2.83. The summed E-state index contributed by atoms with van der Waals surface area (Å²) >= 11 is 0. The van der Waals surface area contributed by atoms with Gasteiger partial charge in [-0.25, -0.2) is 0 Å². The maximum Gasteiger partial charge on any atom is 0.387 e. The molecule has 0 unspecified atom stereocenters. The number of rotatable bonds is 7. The first-order valence-electron chi connectivity index (χ1n) is 12.0. The topological polar surface area (TPSA) is 37.5 Å². The predicted octanol–water partition coefficient (Wildman–Crippen LogP) is 4.42. The molecule has 1 aliphatic rings. The molecule has 4 rings (SSSR count). The number of H-pyrrole nitrogens is 1. The molecule has 1 aliphatic carbocycles. The SMILES string of the molecule is [2H]C([2H])([2H])N(CCc1c[nH]c2cccc(O[C@@H]3Cc4ccc(OC(F)F)cc4C3)c12)C([2H])([2H])[2H]. The first-order chi connectivity index (χ1) is 15.9. The Hall–Kier alpha value is -2.60. The highest BCUT2D eigenvalue weighted by Gasteiger charge is 2.25. The zero-order chi connectivity index (χ0) is 24.7. The van der Waals surface area contributed by atoms with E-state index < -0.39 is 20.6 Å². The van der Waals surface area contributed by atoms with Crippen molar-refractivity contribution in [2.24, 2.45) is 0 Å². The van der Waals surface area contributed by atoms with Crippen LogP contribution in [0.5, 0.6) is 11.5 Å². The van der Waals surface area contributed by atoms with Gasteiger partial charge in [0, 0.05) is 44.7 Å². The Bertz CT molecular complexity index is 1150. The van der Waals surface area contributed by atoms with Gasteiger partial charge in [0.1, 0.15) is 17.6 Å². The van der Waals surface area contributed by atoms with Crippen LogP contribution in [0.25, 0.3) is 10.9 Å². The van der Waals surface area contributed by atoms with Gasteiger partial charge in [-0.1, -0.05) is 12.1 Å². The van der Waals surface area contributed by atoms with Crippen LogP contribution in [-0.2, 0) is 19.3 Å². The molecule has 4 nitrogen and oxygen atoms in total. The maximum atomic E-state index is 12.5. The van der Waals surface area contributed by atoms with E-state index in [1.807, 2.05) is 12.1 Å². The van der Waals surface area contributed by atoms with Crippen LogP contribution in [0, 0.1) is 0 Å². The van der Waals surface area contributed by atoms with Gasteiger partial charge in [-0.2, -0.15) is 8.78 Å². The Labute approximate surface area is 171 Å². The van der Waals surface area contributed by atoms with Gasteiger partial charge in [-0.3, -0.25) is 0 Å². The molecule has 1 atom stereocenters. The van der Waals surface area contributed by atoms with Gasteiger partial charge < -0.3 is 19.4 Å². The average molecular weight is 392 g/mol. The number of aromatic nitrogens is 1. The normalized spacial score (nSPS) is 20.2. The second kappa shape index (κ2) is 7.80. The van der Waals surface area contributed by atoms with E-state index in [-0.39, 0.29) is 24.8 Å². The molecule has 0 saturated heterocycles. The second-order valence-corrected chi connectivity index (χ2v) is 6.85. The first kappa shape index (κ1) is 12.8. The van der Waals surface area contributed by atoms with Crippen LogP contribution in [0.1, 0.15) is 24.9 Å². The van der Waals surface area contributed by atoms with E-state index in [0.717, 1.165) is 27.6 Å². The third-order valence-electron chi connectivity index (χ3n) is 4.95. The van der Waals surface area contributed by atoms with E-state index in [0.29, 0.717) is 23.5 Å². The zero-order valence-electron chi connectivity index (χ0n) is 21.0. The van der Waals surface area contributed by atoms with Gasteiger partial charge in [0.25, 0.3) is 0 Å². The molecule has 1 aromatic heterocycles. The van der Waals surface area contributed by atoms with Gasteiger partial charge >= 0.3 is 6.61 Å². The monoisotopic (exact) mass is 392 g/mol. The number of benzene rings is 2. The van der Waals surface area contributed by atoms with E-state index in [2.05, 4.69) is 9.72 Å². The van der Waals surface area contributed by atoms with E-state index in [1.165, 1.54) is 6.07 Å². The van der Waals surface area contributed by atoms with Crippen LogP contribution in [0.15, 0.2) is 42.6 Å². The maximum absolute atomic E-state index is 12.5. The van der Waals surface area contributed by atoms with Crippen molar-refractivity contribution < 1.29 is 26.5 Å². The fourth-order valence-electron chi connectivity index (χ4n) is 3.74. The number of ether oxygens (including phenoxy) is 2. The van der Waals surface area contributed by atoms with Crippen molar-refractivity contribution in [3.05, 3.63) is 59.3 Å². The Kier molecular flexibility index (Phi) is 3.56. The minimum atomic E-state index is -2.89. The summed E-state index contributed by atoms with van der Waals surface area (Å²) in [5, 5.41) is 0.760. The highest BCUT2D eigenvalue weighted by molar-refractivity contribution is 5.89. The Morgan fingerprint density at radius 2 is 2.07 bits per heavy atom. The van der Waals surface area contributed by atoms with Crippen molar-refractivity contribution in [3.63, 3.8) is 0 Å². The second-order valence-electron chi connectivity index (χ2n) is 6.85. The number of aromatic amines is 1. The van der Waals surface area contributed by atoms with Crippen molar-refractivity contribution in [2.75, 3.05) is 20.5 Å². The lowest BCUT2D eigenvalue weighted by molar-refractivity contribution is -0.0498. The molecule has 0 bridgehead atoms. The smallest absolute Gasteiger partial charge is 0.387 e. The number of halogens is 2. The van der Waals surface area contributed by atoms with Gasteiger partial charge in [-0.15, -0.1) is 0 Å². The van der Waals surface area contributed by atoms with Crippen molar-refractivity contribution in [1.29, 1.82) is 0 Å². The van der Waals surface area contributed by atoms with Gasteiger partial charge in [0.2, 0.25) is 0 Å². The number of nitrogens with zero attached hydrogens (tertiary/aromatic N) is 1. The fourth-order valence-corrected chi connectivity index (χ4v) is 3.74. The largest absolute Gasteiger partial charge is 0.489 e. The van der Waals surface area contributed by atoms with Gasteiger partial charge in [0.05, 0.1) is 0 Å². The van der Waals surface area contributed by atoms with Crippen molar-refractivity contribution in [1.82, 2.24) is 9.88 Å². The minimum Gasteiger partial charge on any atom is -0.489 e. The van der Waals surface area contributed by atoms with Crippen LogP contribution in [0.4, 0.5) is 8.78 Å². The molecule has 0 fully saturated rings. The molecule has 0 aliphatic heterocycles. The Balaban J connectivity index is 1.52. The number of alkyl halides is 2. The van der Waals surface area contributed by atoms with Crippen molar-refractivity contribution >= 4 is 10.9 Å². The zero-order valence-corrected chi connectivity index (χ0v) is 15.0. The van der Waals surface area contributed by atoms with Crippen LogP contribution in [0.3, 0.4) is 0 Å². The van der Waals surface area contributed by atoms with E-state index in [1.54, 1.807) is 24.4 Å². The summed E-state index contributed by atoms with van der Waals surface area (Å²) in [6.45, 7) is -8.57. The average Bonchev–Trinajstić information content (AvgIpc) is 3.29. The molecular formula is C22H24F2N2O2. The summed E-state index contributed by atoms with van der Waals surface area (Å²) < 4.78 is 81.2. The van der Waals surface area contributed by atoms with E-state index in [9.17, 15) is 8.78 Å². The lowest BCUT2D eigenvalue weighted by atomic mass is 10.1. The van der Waals surface area contributed by atoms with Crippen LogP contribution < -0.4 is 9.47 Å². The van der Waals surface area contributed by atoms with Crippen molar-refractivity contribution in [2.45, 2.75) is 32.0 Å². The highest BCUT2D eigenvalue weighted by Crippen LogP contribution is 2.34. The summed E-state index contributed by atoms with van der Waals surface area (Å²) in [4.78, 5) is 3.67.